The van der Waals surface area contributed by atoms with Crippen molar-refractivity contribution in [1.29, 1.82) is 0 Å². The van der Waals surface area contributed by atoms with Crippen molar-refractivity contribution in [2.45, 2.75) is 6.61 Å². The van der Waals surface area contributed by atoms with E-state index in [2.05, 4.69) is 0 Å². The average Bonchev–Trinajstić information content (AvgIpc) is 2.40. The molecule has 0 atom stereocenters. The van der Waals surface area contributed by atoms with Gasteiger partial charge < -0.3 is 4.74 Å². The second-order valence-corrected chi connectivity index (χ2v) is 4.56. The minimum absolute atomic E-state index is 0.0113. The monoisotopic (exact) mass is 298 g/mol. The van der Waals surface area contributed by atoms with Crippen molar-refractivity contribution in [3.8, 4) is 5.75 Å². The zero-order valence-corrected chi connectivity index (χ0v) is 11.2. The van der Waals surface area contributed by atoms with E-state index in [1.807, 2.05) is 0 Å². The van der Waals surface area contributed by atoms with Gasteiger partial charge in [-0.25, -0.2) is 4.39 Å². The Morgan fingerprint density at radius 1 is 1.16 bits per heavy atom. The molecule has 2 rings (SSSR count). The van der Waals surface area contributed by atoms with Crippen molar-refractivity contribution in [2.24, 2.45) is 0 Å². The molecule has 0 heterocycles. The van der Waals surface area contributed by atoms with Crippen molar-refractivity contribution in [2.75, 3.05) is 0 Å². The Bertz CT molecular complexity index is 614. The first kappa shape index (κ1) is 13.8. The van der Waals surface area contributed by atoms with Crippen LogP contribution in [0.2, 0.25) is 10.0 Å². The van der Waals surface area contributed by atoms with Crippen molar-refractivity contribution in [3.63, 3.8) is 0 Å². The maximum Gasteiger partial charge on any atom is 0.155 e. The fourth-order valence-corrected chi connectivity index (χ4v) is 1.96. The first-order chi connectivity index (χ1) is 9.13. The van der Waals surface area contributed by atoms with E-state index in [9.17, 15) is 9.18 Å². The van der Waals surface area contributed by atoms with Crippen LogP contribution in [0.15, 0.2) is 36.4 Å². The van der Waals surface area contributed by atoms with Crippen LogP contribution in [0.3, 0.4) is 0 Å². The van der Waals surface area contributed by atoms with Crippen LogP contribution >= 0.6 is 23.2 Å². The predicted octanol–water partition coefficient (Wildman–Crippen LogP) is 4.52. The van der Waals surface area contributed by atoms with E-state index < -0.39 is 5.82 Å². The zero-order chi connectivity index (χ0) is 13.8. The Morgan fingerprint density at radius 3 is 2.63 bits per heavy atom. The lowest BCUT2D eigenvalue weighted by atomic mass is 10.2. The summed E-state index contributed by atoms with van der Waals surface area (Å²) in [5, 5.41) is 0.315. The summed E-state index contributed by atoms with van der Waals surface area (Å²) in [6.07, 6.45) is 0.616. The number of benzene rings is 2. The topological polar surface area (TPSA) is 26.3 Å². The molecule has 0 saturated heterocycles. The maximum atomic E-state index is 13.2. The highest BCUT2D eigenvalue weighted by atomic mass is 35.5. The summed E-state index contributed by atoms with van der Waals surface area (Å²) in [7, 11) is 0. The Hall–Kier alpha value is -1.58. The summed E-state index contributed by atoms with van der Waals surface area (Å²) in [4.78, 5) is 10.9. The minimum Gasteiger partial charge on any atom is -0.488 e. The van der Waals surface area contributed by atoms with E-state index in [1.54, 1.807) is 30.3 Å². The van der Waals surface area contributed by atoms with Gasteiger partial charge in [-0.1, -0.05) is 41.4 Å². The van der Waals surface area contributed by atoms with Gasteiger partial charge in [-0.05, 0) is 18.2 Å². The van der Waals surface area contributed by atoms with E-state index in [0.717, 1.165) is 0 Å². The van der Waals surface area contributed by atoms with Crippen molar-refractivity contribution < 1.29 is 13.9 Å². The average molecular weight is 299 g/mol. The van der Waals surface area contributed by atoms with Crippen LogP contribution in [0.1, 0.15) is 15.9 Å². The number of carbonyl (C=O) groups excluding carboxylic acids is 1. The third kappa shape index (κ3) is 3.06. The molecule has 2 aromatic rings. The zero-order valence-electron chi connectivity index (χ0n) is 9.70. The van der Waals surface area contributed by atoms with Gasteiger partial charge in [0.15, 0.2) is 6.29 Å². The smallest absolute Gasteiger partial charge is 0.155 e. The molecule has 0 amide bonds. The molecule has 0 radical (unpaired) electrons. The first-order valence-electron chi connectivity index (χ1n) is 5.43. The molecule has 0 bridgehead atoms. The summed E-state index contributed by atoms with van der Waals surface area (Å²) in [6.45, 7) is 0.0533. The summed E-state index contributed by atoms with van der Waals surface area (Å²) < 4.78 is 18.7. The lowest BCUT2D eigenvalue weighted by molar-refractivity contribution is 0.111. The van der Waals surface area contributed by atoms with Crippen LogP contribution in [-0.2, 0) is 6.61 Å². The molecule has 0 aliphatic carbocycles. The van der Waals surface area contributed by atoms with Crippen molar-refractivity contribution in [1.82, 2.24) is 0 Å². The molecule has 0 saturated carbocycles. The SMILES string of the molecule is O=Cc1c(Cl)cccc1OCc1cccc(F)c1Cl. The highest BCUT2D eigenvalue weighted by Crippen LogP contribution is 2.27. The lowest BCUT2D eigenvalue weighted by Crippen LogP contribution is -2.00. The second-order valence-electron chi connectivity index (χ2n) is 3.77. The number of ether oxygens (including phenoxy) is 1. The summed E-state index contributed by atoms with van der Waals surface area (Å²) in [5.74, 6) is -0.174. The molecular weight excluding hydrogens is 290 g/mol. The molecule has 2 aromatic carbocycles. The fourth-order valence-electron chi connectivity index (χ4n) is 1.57. The highest BCUT2D eigenvalue weighted by Gasteiger charge is 2.10. The van der Waals surface area contributed by atoms with Crippen molar-refractivity contribution in [3.05, 3.63) is 63.4 Å². The Labute approximate surface area is 119 Å². The van der Waals surface area contributed by atoms with E-state index in [1.165, 1.54) is 6.07 Å². The number of hydrogen-bond acceptors (Lipinski definition) is 2. The lowest BCUT2D eigenvalue weighted by Gasteiger charge is -2.10. The molecule has 0 unspecified atom stereocenters. The van der Waals surface area contributed by atoms with Crippen LogP contribution in [0, 0.1) is 5.82 Å². The Balaban J connectivity index is 2.21. The van der Waals surface area contributed by atoms with Gasteiger partial charge in [-0.3, -0.25) is 4.79 Å². The molecule has 0 N–H and O–H groups in total. The number of rotatable bonds is 4. The molecule has 2 nitrogen and oxygen atoms in total. The maximum absolute atomic E-state index is 13.2. The third-order valence-corrected chi connectivity index (χ3v) is 3.30. The van der Waals surface area contributed by atoms with E-state index in [0.29, 0.717) is 22.6 Å². The normalized spacial score (nSPS) is 10.3. The van der Waals surface area contributed by atoms with Crippen LogP contribution in [0.25, 0.3) is 0 Å². The number of halogens is 3. The molecule has 0 aromatic heterocycles. The van der Waals surface area contributed by atoms with Gasteiger partial charge in [0.2, 0.25) is 0 Å². The second kappa shape index (κ2) is 6.04. The molecule has 98 valence electrons. The summed E-state index contributed by atoms with van der Waals surface area (Å²) in [6, 6.07) is 9.32. The van der Waals surface area contributed by atoms with Crippen LogP contribution in [-0.4, -0.2) is 6.29 Å². The predicted molar refractivity (Wildman–Crippen MR) is 72.6 cm³/mol. The van der Waals surface area contributed by atoms with Crippen LogP contribution < -0.4 is 4.74 Å². The first-order valence-corrected chi connectivity index (χ1v) is 6.18. The summed E-state index contributed by atoms with van der Waals surface area (Å²) in [5.41, 5.74) is 0.759. The van der Waals surface area contributed by atoms with Gasteiger partial charge in [0.1, 0.15) is 18.2 Å². The van der Waals surface area contributed by atoms with Gasteiger partial charge in [0.05, 0.1) is 15.6 Å². The third-order valence-electron chi connectivity index (χ3n) is 2.55. The summed E-state index contributed by atoms with van der Waals surface area (Å²) >= 11 is 11.7. The molecule has 0 fully saturated rings. The number of hydrogen-bond donors (Lipinski definition) is 0. The standard InChI is InChI=1S/C14H9Cl2FO2/c15-11-4-2-6-13(10(11)7-18)19-8-9-3-1-5-12(17)14(9)16/h1-7H,8H2. The van der Waals surface area contributed by atoms with Gasteiger partial charge in [-0.2, -0.15) is 0 Å². The van der Waals surface area contributed by atoms with E-state index in [-0.39, 0.29) is 17.2 Å². The van der Waals surface area contributed by atoms with E-state index >= 15 is 0 Å². The van der Waals surface area contributed by atoms with E-state index in [4.69, 9.17) is 27.9 Å². The molecule has 0 aliphatic heterocycles. The quantitative estimate of drug-likeness (QED) is 0.776. The molecular formula is C14H9Cl2FO2. The van der Waals surface area contributed by atoms with Crippen LogP contribution in [0.5, 0.6) is 5.75 Å². The Kier molecular flexibility index (Phi) is 4.40. The Morgan fingerprint density at radius 2 is 1.89 bits per heavy atom. The molecule has 19 heavy (non-hydrogen) atoms. The van der Waals surface area contributed by atoms with Gasteiger partial charge >= 0.3 is 0 Å². The number of carbonyl (C=O) groups is 1. The van der Waals surface area contributed by atoms with Crippen molar-refractivity contribution >= 4 is 29.5 Å². The molecule has 0 aliphatic rings. The van der Waals surface area contributed by atoms with Crippen LogP contribution in [0.4, 0.5) is 4.39 Å². The minimum atomic E-state index is -0.510. The fraction of sp³-hybridized carbons (Fsp3) is 0.0714. The van der Waals surface area contributed by atoms with Gasteiger partial charge in [0.25, 0.3) is 0 Å². The molecule has 0 spiro atoms. The number of aldehydes is 1. The largest absolute Gasteiger partial charge is 0.488 e. The highest BCUT2D eigenvalue weighted by molar-refractivity contribution is 6.33. The van der Waals surface area contributed by atoms with Gasteiger partial charge in [-0.15, -0.1) is 0 Å². The molecule has 5 heteroatoms. The van der Waals surface area contributed by atoms with Gasteiger partial charge in [0, 0.05) is 5.56 Å².